The highest BCUT2D eigenvalue weighted by Gasteiger charge is 2.32. The van der Waals surface area contributed by atoms with E-state index in [0.717, 1.165) is 0 Å². The van der Waals surface area contributed by atoms with Crippen LogP contribution in [-0.4, -0.2) is 28.7 Å². The summed E-state index contributed by atoms with van der Waals surface area (Å²) in [4.78, 5) is 1.60. The average molecular weight is 263 g/mol. The third-order valence-electron chi connectivity index (χ3n) is 1.83. The summed E-state index contributed by atoms with van der Waals surface area (Å²) in [5.41, 5.74) is -0.0781. The predicted molar refractivity (Wildman–Crippen MR) is 55.1 cm³/mol. The Labute approximate surface area is 95.9 Å². The number of halogens is 5. The minimum absolute atomic E-state index is 0.0654. The van der Waals surface area contributed by atoms with Crippen LogP contribution >= 0.6 is 34.8 Å². The molecule has 0 atom stereocenters. The first-order chi connectivity index (χ1) is 6.32. The first kappa shape index (κ1) is 12.1. The summed E-state index contributed by atoms with van der Waals surface area (Å²) in [6, 6.07) is 0. The van der Waals surface area contributed by atoms with Crippen LogP contribution in [0, 0.1) is 0 Å². The lowest BCUT2D eigenvalue weighted by molar-refractivity contribution is 0.178. The lowest BCUT2D eigenvalue weighted by atomic mass is 10.1. The SMILES string of the molecule is CN1C=CC(C(Cl)(Cl)Cl)=C(C(F)F)C1. The Morgan fingerprint density at radius 1 is 1.43 bits per heavy atom. The van der Waals surface area contributed by atoms with Gasteiger partial charge in [0, 0.05) is 24.7 Å². The number of rotatable bonds is 1. The zero-order valence-electron chi connectivity index (χ0n) is 7.28. The van der Waals surface area contributed by atoms with Crippen LogP contribution in [0.3, 0.4) is 0 Å². The highest BCUT2D eigenvalue weighted by atomic mass is 35.6. The molecule has 0 amide bonds. The number of hydrogen-bond donors (Lipinski definition) is 0. The van der Waals surface area contributed by atoms with Gasteiger partial charge in [0.1, 0.15) is 0 Å². The maximum atomic E-state index is 12.6. The van der Waals surface area contributed by atoms with Gasteiger partial charge >= 0.3 is 0 Å². The predicted octanol–water partition coefficient (Wildman–Crippen LogP) is 3.38. The summed E-state index contributed by atoms with van der Waals surface area (Å²) in [5.74, 6) is 0. The maximum Gasteiger partial charge on any atom is 0.262 e. The summed E-state index contributed by atoms with van der Waals surface area (Å²) in [6.07, 6.45) is 0.397. The van der Waals surface area contributed by atoms with Crippen LogP contribution in [0.5, 0.6) is 0 Å². The van der Waals surface area contributed by atoms with Crippen LogP contribution < -0.4 is 0 Å². The van der Waals surface area contributed by atoms with Crippen molar-refractivity contribution in [3.05, 3.63) is 23.4 Å². The molecule has 0 spiro atoms. The fourth-order valence-electron chi connectivity index (χ4n) is 1.18. The Balaban J connectivity index is 3.08. The van der Waals surface area contributed by atoms with Gasteiger partial charge in [-0.15, -0.1) is 0 Å². The number of nitrogens with zero attached hydrogens (tertiary/aromatic N) is 1. The van der Waals surface area contributed by atoms with Crippen molar-refractivity contribution >= 4 is 34.8 Å². The number of allylic oxidation sites excluding steroid dienone is 2. The van der Waals surface area contributed by atoms with Gasteiger partial charge in [0.2, 0.25) is 3.79 Å². The second-order valence-corrected chi connectivity index (χ2v) is 5.25. The highest BCUT2D eigenvalue weighted by molar-refractivity contribution is 6.69. The van der Waals surface area contributed by atoms with Crippen molar-refractivity contribution in [2.24, 2.45) is 0 Å². The zero-order valence-corrected chi connectivity index (χ0v) is 9.54. The molecule has 0 fully saturated rings. The molecule has 1 aliphatic rings. The maximum absolute atomic E-state index is 12.6. The van der Waals surface area contributed by atoms with Gasteiger partial charge in [0.25, 0.3) is 6.43 Å². The number of likely N-dealkylation sites (N-methyl/N-ethyl adjacent to an activating group) is 1. The largest absolute Gasteiger partial charge is 0.376 e. The Hall–Kier alpha value is 0.01000. The van der Waals surface area contributed by atoms with E-state index in [-0.39, 0.29) is 17.7 Å². The van der Waals surface area contributed by atoms with Crippen LogP contribution in [0.15, 0.2) is 23.4 Å². The van der Waals surface area contributed by atoms with E-state index >= 15 is 0 Å². The Morgan fingerprint density at radius 3 is 2.43 bits per heavy atom. The Bertz CT molecular complexity index is 281. The fourth-order valence-corrected chi connectivity index (χ4v) is 1.73. The van der Waals surface area contributed by atoms with Crippen molar-refractivity contribution in [3.63, 3.8) is 0 Å². The van der Waals surface area contributed by atoms with E-state index in [1.54, 1.807) is 18.1 Å². The number of alkyl halides is 5. The molecule has 0 aromatic heterocycles. The van der Waals surface area contributed by atoms with E-state index in [1.165, 1.54) is 6.08 Å². The van der Waals surface area contributed by atoms with E-state index in [4.69, 9.17) is 34.8 Å². The average Bonchev–Trinajstić information content (AvgIpc) is 2.01. The van der Waals surface area contributed by atoms with E-state index in [0.29, 0.717) is 0 Å². The molecule has 1 nitrogen and oxygen atoms in total. The number of hydrogen-bond acceptors (Lipinski definition) is 1. The van der Waals surface area contributed by atoms with Gasteiger partial charge in [-0.2, -0.15) is 0 Å². The molecule has 0 radical (unpaired) electrons. The van der Waals surface area contributed by atoms with Crippen LogP contribution in [0.2, 0.25) is 0 Å². The molecule has 14 heavy (non-hydrogen) atoms. The lowest BCUT2D eigenvalue weighted by Crippen LogP contribution is -2.26. The van der Waals surface area contributed by atoms with Crippen molar-refractivity contribution in [2.75, 3.05) is 13.6 Å². The second kappa shape index (κ2) is 4.25. The third kappa shape index (κ3) is 2.75. The van der Waals surface area contributed by atoms with Crippen molar-refractivity contribution in [3.8, 4) is 0 Å². The molecule has 0 saturated carbocycles. The molecule has 0 N–H and O–H groups in total. The second-order valence-electron chi connectivity index (χ2n) is 2.97. The van der Waals surface area contributed by atoms with Crippen LogP contribution in [-0.2, 0) is 0 Å². The first-order valence-electron chi connectivity index (χ1n) is 3.79. The molecule has 0 bridgehead atoms. The quantitative estimate of drug-likeness (QED) is 0.655. The van der Waals surface area contributed by atoms with Gasteiger partial charge in [-0.3, -0.25) is 0 Å². The molecule has 6 heteroatoms. The minimum atomic E-state index is -2.60. The van der Waals surface area contributed by atoms with Crippen molar-refractivity contribution in [1.82, 2.24) is 4.90 Å². The van der Waals surface area contributed by atoms with Gasteiger partial charge in [-0.1, -0.05) is 34.8 Å². The topological polar surface area (TPSA) is 3.24 Å². The van der Waals surface area contributed by atoms with Gasteiger partial charge in [0.15, 0.2) is 0 Å². The molecule has 1 rings (SSSR count). The van der Waals surface area contributed by atoms with Crippen LogP contribution in [0.4, 0.5) is 8.78 Å². The normalized spacial score (nSPS) is 18.4. The molecule has 1 heterocycles. The van der Waals surface area contributed by atoms with Crippen molar-refractivity contribution in [2.45, 2.75) is 10.2 Å². The molecule has 80 valence electrons. The molecular formula is C8H8Cl3F2N. The molecule has 0 aromatic rings. The first-order valence-corrected chi connectivity index (χ1v) is 4.92. The summed E-state index contributed by atoms with van der Waals surface area (Å²) in [7, 11) is 1.67. The molecule has 0 unspecified atom stereocenters. The smallest absolute Gasteiger partial charge is 0.262 e. The highest BCUT2D eigenvalue weighted by Crippen LogP contribution is 2.39. The lowest BCUT2D eigenvalue weighted by Gasteiger charge is -2.26. The molecule has 0 aliphatic carbocycles. The van der Waals surface area contributed by atoms with Crippen molar-refractivity contribution in [1.29, 1.82) is 0 Å². The van der Waals surface area contributed by atoms with Gasteiger partial charge in [-0.25, -0.2) is 8.78 Å². The van der Waals surface area contributed by atoms with E-state index in [2.05, 4.69) is 0 Å². The molecular weight excluding hydrogens is 254 g/mol. The summed E-state index contributed by atoms with van der Waals surface area (Å²) in [6.45, 7) is 0.0808. The van der Waals surface area contributed by atoms with Gasteiger partial charge in [-0.05, 0) is 12.3 Å². The van der Waals surface area contributed by atoms with E-state index < -0.39 is 10.2 Å². The van der Waals surface area contributed by atoms with Gasteiger partial charge < -0.3 is 4.90 Å². The zero-order chi connectivity index (χ0) is 10.9. The van der Waals surface area contributed by atoms with E-state index in [9.17, 15) is 8.78 Å². The minimum Gasteiger partial charge on any atom is -0.376 e. The molecule has 1 aliphatic heterocycles. The van der Waals surface area contributed by atoms with Crippen LogP contribution in [0.1, 0.15) is 0 Å². The van der Waals surface area contributed by atoms with Gasteiger partial charge in [0.05, 0.1) is 0 Å². The Morgan fingerprint density at radius 2 is 2.00 bits per heavy atom. The Kier molecular flexibility index (Phi) is 3.67. The van der Waals surface area contributed by atoms with Crippen LogP contribution in [0.25, 0.3) is 0 Å². The molecule has 0 aromatic carbocycles. The van der Waals surface area contributed by atoms with Crippen molar-refractivity contribution < 1.29 is 8.78 Å². The fraction of sp³-hybridized carbons (Fsp3) is 0.500. The standard InChI is InChI=1S/C8H8Cl3F2N/c1-14-3-2-6(8(9,10)11)5(4-14)7(12)13/h2-3,7H,4H2,1H3. The molecule has 0 saturated heterocycles. The third-order valence-corrected chi connectivity index (χ3v) is 2.44. The van der Waals surface area contributed by atoms with E-state index in [1.807, 2.05) is 0 Å². The monoisotopic (exact) mass is 261 g/mol. The summed E-state index contributed by atoms with van der Waals surface area (Å²) < 4.78 is 23.4. The summed E-state index contributed by atoms with van der Waals surface area (Å²) in [5, 5.41) is 0. The summed E-state index contributed by atoms with van der Waals surface area (Å²) >= 11 is 16.7.